The van der Waals surface area contributed by atoms with Crippen molar-refractivity contribution in [3.05, 3.63) is 71.2 Å². The van der Waals surface area contributed by atoms with Crippen LogP contribution in [0, 0.1) is 17.7 Å². The van der Waals surface area contributed by atoms with Crippen LogP contribution >= 0.6 is 0 Å². The summed E-state index contributed by atoms with van der Waals surface area (Å²) >= 11 is 0. The summed E-state index contributed by atoms with van der Waals surface area (Å²) in [7, 11) is -3.81. The van der Waals surface area contributed by atoms with Gasteiger partial charge in [-0.25, -0.2) is 17.6 Å². The van der Waals surface area contributed by atoms with Crippen molar-refractivity contribution >= 4 is 21.7 Å². The maximum absolute atomic E-state index is 13.1. The van der Waals surface area contributed by atoms with E-state index in [0.717, 1.165) is 56.2 Å². The monoisotopic (exact) mass is 501 g/mol. The van der Waals surface area contributed by atoms with Crippen LogP contribution in [0.2, 0.25) is 0 Å². The molecule has 0 radical (unpaired) electrons. The second-order valence-corrected chi connectivity index (χ2v) is 11.4. The quantitative estimate of drug-likeness (QED) is 0.395. The third-order valence-corrected chi connectivity index (χ3v) is 8.26. The van der Waals surface area contributed by atoms with Crippen molar-refractivity contribution in [3.63, 3.8) is 0 Å². The molecule has 2 atom stereocenters. The Balaban J connectivity index is 1.38. The second kappa shape index (κ2) is 10.0. The Bertz CT molecular complexity index is 1200. The van der Waals surface area contributed by atoms with Crippen LogP contribution in [0.25, 0.3) is 0 Å². The Kier molecular flexibility index (Phi) is 7.22. The van der Waals surface area contributed by atoms with Crippen LogP contribution in [0.1, 0.15) is 57.9 Å². The second-order valence-electron chi connectivity index (χ2n) is 9.67. The summed E-state index contributed by atoms with van der Waals surface area (Å²) in [6.07, 6.45) is 5.18. The molecule has 1 fully saturated rings. The summed E-state index contributed by atoms with van der Waals surface area (Å²) in [5, 5.41) is 10.8. The number of benzene rings is 2. The number of nitrogens with one attached hydrogen (secondary N) is 1. The molecule has 8 heteroatoms. The van der Waals surface area contributed by atoms with Crippen LogP contribution in [-0.4, -0.2) is 25.1 Å². The minimum Gasteiger partial charge on any atom is -0.512 e. The molecule has 0 amide bonds. The zero-order valence-electron chi connectivity index (χ0n) is 20.1. The Labute approximate surface area is 206 Å². The molecule has 188 valence electrons. The first-order valence-corrected chi connectivity index (χ1v) is 13.7. The molecule has 35 heavy (non-hydrogen) atoms. The van der Waals surface area contributed by atoms with Crippen LogP contribution in [0.15, 0.2) is 64.8 Å². The molecule has 0 aromatic heterocycles. The fourth-order valence-electron chi connectivity index (χ4n) is 5.15. The minimum atomic E-state index is -3.81. The molecule has 1 aliphatic heterocycles. The van der Waals surface area contributed by atoms with E-state index < -0.39 is 21.4 Å². The van der Waals surface area contributed by atoms with Crippen molar-refractivity contribution in [2.75, 3.05) is 4.72 Å². The highest BCUT2D eigenvalue weighted by atomic mass is 32.2. The lowest BCUT2D eigenvalue weighted by atomic mass is 9.84. The number of hydrogen-bond donors (Lipinski definition) is 2. The minimum absolute atomic E-state index is 0.0135. The average Bonchev–Trinajstić information content (AvgIpc) is 3.53. The number of aliphatic hydroxyl groups excluding tert-OH is 1. The molecule has 0 spiro atoms. The van der Waals surface area contributed by atoms with Gasteiger partial charge in [0, 0.05) is 12.1 Å². The van der Waals surface area contributed by atoms with Gasteiger partial charge in [0.05, 0.1) is 10.5 Å². The third-order valence-electron chi connectivity index (χ3n) is 6.86. The smallest absolute Gasteiger partial charge is 0.338 e. The molecule has 2 aliphatic rings. The highest BCUT2D eigenvalue weighted by Crippen LogP contribution is 2.50. The van der Waals surface area contributed by atoms with Gasteiger partial charge in [0.1, 0.15) is 17.2 Å². The van der Waals surface area contributed by atoms with E-state index in [2.05, 4.69) is 18.6 Å². The lowest BCUT2D eigenvalue weighted by molar-refractivity contribution is -0.161. The maximum Gasteiger partial charge on any atom is 0.338 e. The third kappa shape index (κ3) is 5.69. The van der Waals surface area contributed by atoms with Gasteiger partial charge < -0.3 is 9.84 Å². The van der Waals surface area contributed by atoms with Crippen molar-refractivity contribution in [1.82, 2.24) is 0 Å². The van der Waals surface area contributed by atoms with Gasteiger partial charge in [0.2, 0.25) is 0 Å². The number of halogens is 1. The van der Waals surface area contributed by atoms with Gasteiger partial charge in [-0.1, -0.05) is 38.8 Å². The van der Waals surface area contributed by atoms with Crippen molar-refractivity contribution in [2.24, 2.45) is 11.8 Å². The normalized spacial score (nSPS) is 21.5. The van der Waals surface area contributed by atoms with Crippen LogP contribution < -0.4 is 4.72 Å². The molecule has 2 aromatic rings. The average molecular weight is 502 g/mol. The Morgan fingerprint density at radius 2 is 1.69 bits per heavy atom. The van der Waals surface area contributed by atoms with Crippen molar-refractivity contribution in [3.8, 4) is 0 Å². The molecule has 4 rings (SSSR count). The zero-order valence-corrected chi connectivity index (χ0v) is 20.9. The van der Waals surface area contributed by atoms with E-state index in [1.807, 2.05) is 12.1 Å². The molecule has 2 aromatic carbocycles. The van der Waals surface area contributed by atoms with Crippen LogP contribution in [0.4, 0.5) is 10.1 Å². The number of esters is 1. The van der Waals surface area contributed by atoms with Gasteiger partial charge in [-0.2, -0.15) is 0 Å². The summed E-state index contributed by atoms with van der Waals surface area (Å²) in [6.45, 7) is 4.11. The number of anilines is 1. The van der Waals surface area contributed by atoms with E-state index >= 15 is 0 Å². The first-order chi connectivity index (χ1) is 16.7. The summed E-state index contributed by atoms with van der Waals surface area (Å²) < 4.78 is 46.5. The molecule has 1 heterocycles. The van der Waals surface area contributed by atoms with Gasteiger partial charge in [-0.15, -0.1) is 0 Å². The highest BCUT2D eigenvalue weighted by molar-refractivity contribution is 7.92. The first kappa shape index (κ1) is 25.2. The van der Waals surface area contributed by atoms with Gasteiger partial charge in [0.15, 0.2) is 0 Å². The number of carbonyl (C=O) groups excluding carboxylic acids is 1. The molecule has 1 saturated carbocycles. The highest BCUT2D eigenvalue weighted by Gasteiger charge is 2.49. The molecule has 0 saturated heterocycles. The number of rotatable bonds is 10. The lowest BCUT2D eigenvalue weighted by Crippen LogP contribution is -2.40. The van der Waals surface area contributed by atoms with Crippen molar-refractivity contribution in [2.45, 2.75) is 69.3 Å². The van der Waals surface area contributed by atoms with E-state index in [1.165, 1.54) is 12.1 Å². The predicted octanol–water partition coefficient (Wildman–Crippen LogP) is 5.90. The Morgan fingerprint density at radius 1 is 1.06 bits per heavy atom. The zero-order chi connectivity index (χ0) is 25.2. The topological polar surface area (TPSA) is 92.7 Å². The van der Waals surface area contributed by atoms with E-state index in [-0.39, 0.29) is 28.5 Å². The van der Waals surface area contributed by atoms with E-state index in [9.17, 15) is 22.7 Å². The number of ether oxygens (including phenoxy) is 1. The predicted molar refractivity (Wildman–Crippen MR) is 132 cm³/mol. The fourth-order valence-corrected chi connectivity index (χ4v) is 6.21. The number of carbonyl (C=O) groups is 1. The number of cyclic esters (lactones) is 1. The van der Waals surface area contributed by atoms with Crippen molar-refractivity contribution in [1.29, 1.82) is 0 Å². The molecule has 6 nitrogen and oxygen atoms in total. The summed E-state index contributed by atoms with van der Waals surface area (Å²) in [6, 6.07) is 11.7. The van der Waals surface area contributed by atoms with E-state index in [4.69, 9.17) is 4.74 Å². The van der Waals surface area contributed by atoms with Gasteiger partial charge in [-0.05, 0) is 79.5 Å². The largest absolute Gasteiger partial charge is 0.512 e. The molecule has 0 bridgehead atoms. The molecular weight excluding hydrogens is 469 g/mol. The first-order valence-electron chi connectivity index (χ1n) is 12.2. The summed E-state index contributed by atoms with van der Waals surface area (Å²) in [4.78, 5) is 12.8. The van der Waals surface area contributed by atoms with Crippen molar-refractivity contribution < 1.29 is 27.4 Å². The molecule has 1 aliphatic carbocycles. The van der Waals surface area contributed by atoms with Crippen LogP contribution in [0.5, 0.6) is 0 Å². The number of sulfonamides is 1. The van der Waals surface area contributed by atoms with E-state index in [1.54, 1.807) is 12.1 Å². The Hall–Kier alpha value is -2.87. The van der Waals surface area contributed by atoms with Gasteiger partial charge >= 0.3 is 5.97 Å². The summed E-state index contributed by atoms with van der Waals surface area (Å²) in [5.74, 6) is -0.486. The van der Waals surface area contributed by atoms with Crippen LogP contribution in [-0.2, 0) is 26.0 Å². The molecule has 2 N–H and O–H groups in total. The van der Waals surface area contributed by atoms with Gasteiger partial charge in [0.25, 0.3) is 10.0 Å². The Morgan fingerprint density at radius 3 is 2.26 bits per heavy atom. The fraction of sp³-hybridized carbons (Fsp3) is 0.444. The molecular formula is C27H32FNO5S. The number of aliphatic hydroxyl groups is 1. The SMILES string of the molecule is CCCC1(CCC)CC(O)=C(C2CC2Cc2ccc(NS(=O)(=O)c3ccc(F)cc3)cc2)C(=O)O1. The standard InChI is InChI=1S/C27H32FNO5S/c1-3-13-27(14-4-2)17-24(30)25(26(31)34-27)23-16-19(23)15-18-5-9-21(10-6-18)29-35(32,33)22-11-7-20(28)8-12-22/h5-12,19,23,29-30H,3-4,13-17H2,1-2H3. The van der Waals surface area contributed by atoms with Gasteiger partial charge in [-0.3, -0.25) is 4.72 Å². The molecule has 2 unspecified atom stereocenters. The van der Waals surface area contributed by atoms with Crippen LogP contribution in [0.3, 0.4) is 0 Å². The summed E-state index contributed by atoms with van der Waals surface area (Å²) in [5.41, 5.74) is 1.26. The number of hydrogen-bond acceptors (Lipinski definition) is 5. The van der Waals surface area contributed by atoms with E-state index in [0.29, 0.717) is 17.7 Å². The maximum atomic E-state index is 13.1. The lowest BCUT2D eigenvalue weighted by Gasteiger charge is -2.37.